The van der Waals surface area contributed by atoms with Crippen LogP contribution in [0, 0.1) is 0 Å². The summed E-state index contributed by atoms with van der Waals surface area (Å²) in [5.41, 5.74) is 0. The van der Waals surface area contributed by atoms with E-state index in [4.69, 9.17) is 0 Å². The van der Waals surface area contributed by atoms with Crippen molar-refractivity contribution in [3.63, 3.8) is 0 Å². The Kier molecular flexibility index (Phi) is 5.69. The minimum absolute atomic E-state index is 0.837. The van der Waals surface area contributed by atoms with Crippen LogP contribution in [0.1, 0.15) is 13.3 Å². The molecule has 0 atom stereocenters. The zero-order valence-electron chi connectivity index (χ0n) is 10.1. The molecule has 1 aromatic rings. The fourth-order valence-corrected chi connectivity index (χ4v) is 1.81. The molecule has 1 rings (SSSR count). The molecule has 1 aromatic heterocycles. The second-order valence-corrected chi connectivity index (χ2v) is 4.75. The average molecular weight is 287 g/mol. The number of anilines is 1. The van der Waals surface area contributed by atoms with E-state index in [-0.39, 0.29) is 0 Å². The summed E-state index contributed by atoms with van der Waals surface area (Å²) in [6.45, 7) is 5.24. The van der Waals surface area contributed by atoms with Crippen LogP contribution in [0.4, 0.5) is 5.82 Å². The molecule has 16 heavy (non-hydrogen) atoms. The molecule has 90 valence electrons. The standard InChI is InChI=1S/C11H19BrN4/c1-4-16(7-5-6-15(2)3)11-8-10(12)13-9-14-11/h8-9H,4-7H2,1-3H3. The highest BCUT2D eigenvalue weighted by Crippen LogP contribution is 2.14. The van der Waals surface area contributed by atoms with E-state index in [1.807, 2.05) is 6.07 Å². The van der Waals surface area contributed by atoms with Crippen LogP contribution in [0.25, 0.3) is 0 Å². The fraction of sp³-hybridized carbons (Fsp3) is 0.636. The van der Waals surface area contributed by atoms with Crippen molar-refractivity contribution < 1.29 is 0 Å². The SMILES string of the molecule is CCN(CCCN(C)C)c1cc(Br)ncn1. The molecule has 0 aromatic carbocycles. The van der Waals surface area contributed by atoms with Gasteiger partial charge in [-0.1, -0.05) is 0 Å². The first-order chi connectivity index (χ1) is 7.63. The highest BCUT2D eigenvalue weighted by Gasteiger charge is 2.06. The number of nitrogens with zero attached hydrogens (tertiary/aromatic N) is 4. The lowest BCUT2D eigenvalue weighted by Gasteiger charge is -2.22. The third kappa shape index (κ3) is 4.45. The lowest BCUT2D eigenvalue weighted by atomic mass is 10.3. The summed E-state index contributed by atoms with van der Waals surface area (Å²) < 4.78 is 0.837. The Morgan fingerprint density at radius 3 is 2.56 bits per heavy atom. The summed E-state index contributed by atoms with van der Waals surface area (Å²) in [7, 11) is 4.19. The predicted octanol–water partition coefficient (Wildman–Crippen LogP) is 2.02. The summed E-state index contributed by atoms with van der Waals surface area (Å²) in [6, 6.07) is 1.96. The Labute approximate surface area is 106 Å². The highest BCUT2D eigenvalue weighted by atomic mass is 79.9. The van der Waals surface area contributed by atoms with Gasteiger partial charge in [0.2, 0.25) is 0 Å². The quantitative estimate of drug-likeness (QED) is 0.749. The van der Waals surface area contributed by atoms with Gasteiger partial charge in [-0.05, 0) is 49.9 Å². The minimum atomic E-state index is 0.837. The van der Waals surface area contributed by atoms with Gasteiger partial charge < -0.3 is 9.80 Å². The van der Waals surface area contributed by atoms with Gasteiger partial charge in [0.05, 0.1) is 0 Å². The third-order valence-corrected chi connectivity index (χ3v) is 2.79. The van der Waals surface area contributed by atoms with Crippen molar-refractivity contribution >= 4 is 21.7 Å². The minimum Gasteiger partial charge on any atom is -0.357 e. The molecule has 0 aliphatic rings. The van der Waals surface area contributed by atoms with Crippen LogP contribution < -0.4 is 4.90 Å². The van der Waals surface area contributed by atoms with E-state index in [1.54, 1.807) is 6.33 Å². The van der Waals surface area contributed by atoms with E-state index in [2.05, 4.69) is 56.7 Å². The summed E-state index contributed by atoms with van der Waals surface area (Å²) in [5.74, 6) is 0.989. The first kappa shape index (κ1) is 13.4. The second kappa shape index (κ2) is 6.81. The van der Waals surface area contributed by atoms with Crippen molar-refractivity contribution in [3.8, 4) is 0 Å². The van der Waals surface area contributed by atoms with Crippen LogP contribution in [-0.4, -0.2) is 48.6 Å². The van der Waals surface area contributed by atoms with Gasteiger partial charge in [0.25, 0.3) is 0 Å². The van der Waals surface area contributed by atoms with E-state index in [1.165, 1.54) is 0 Å². The Morgan fingerprint density at radius 2 is 2.00 bits per heavy atom. The Hall–Kier alpha value is -0.680. The van der Waals surface area contributed by atoms with Gasteiger partial charge in [0.15, 0.2) is 0 Å². The molecule has 4 nitrogen and oxygen atoms in total. The van der Waals surface area contributed by atoms with Gasteiger partial charge in [-0.15, -0.1) is 0 Å². The molecule has 0 fully saturated rings. The van der Waals surface area contributed by atoms with Crippen LogP contribution >= 0.6 is 15.9 Å². The smallest absolute Gasteiger partial charge is 0.133 e. The topological polar surface area (TPSA) is 32.3 Å². The normalized spacial score (nSPS) is 10.8. The van der Waals surface area contributed by atoms with E-state index >= 15 is 0 Å². The third-order valence-electron chi connectivity index (χ3n) is 2.36. The van der Waals surface area contributed by atoms with Gasteiger partial charge in [-0.3, -0.25) is 0 Å². The molecule has 0 unspecified atom stereocenters. The van der Waals surface area contributed by atoms with E-state index in [9.17, 15) is 0 Å². The van der Waals surface area contributed by atoms with Crippen molar-refractivity contribution in [1.29, 1.82) is 0 Å². The largest absolute Gasteiger partial charge is 0.357 e. The first-order valence-electron chi connectivity index (χ1n) is 5.50. The Morgan fingerprint density at radius 1 is 1.25 bits per heavy atom. The summed E-state index contributed by atoms with van der Waals surface area (Å²) >= 11 is 3.37. The maximum atomic E-state index is 4.28. The molecule has 0 radical (unpaired) electrons. The van der Waals surface area contributed by atoms with Crippen LogP contribution in [-0.2, 0) is 0 Å². The van der Waals surface area contributed by atoms with Gasteiger partial charge in [-0.2, -0.15) is 0 Å². The van der Waals surface area contributed by atoms with Crippen molar-refractivity contribution in [3.05, 3.63) is 17.0 Å². The van der Waals surface area contributed by atoms with Gasteiger partial charge in [-0.25, -0.2) is 9.97 Å². The zero-order valence-corrected chi connectivity index (χ0v) is 11.7. The maximum Gasteiger partial charge on any atom is 0.133 e. The molecular weight excluding hydrogens is 268 g/mol. The zero-order chi connectivity index (χ0) is 12.0. The van der Waals surface area contributed by atoms with Crippen molar-refractivity contribution in [2.45, 2.75) is 13.3 Å². The fourth-order valence-electron chi connectivity index (χ4n) is 1.51. The van der Waals surface area contributed by atoms with Gasteiger partial charge in [0, 0.05) is 19.2 Å². The molecule has 5 heteroatoms. The molecule has 0 aliphatic heterocycles. The molecular formula is C11H19BrN4. The van der Waals surface area contributed by atoms with E-state index < -0.39 is 0 Å². The van der Waals surface area contributed by atoms with Crippen LogP contribution in [0.3, 0.4) is 0 Å². The molecule has 0 spiro atoms. The van der Waals surface area contributed by atoms with Crippen LogP contribution in [0.2, 0.25) is 0 Å². The van der Waals surface area contributed by atoms with Gasteiger partial charge >= 0.3 is 0 Å². The van der Waals surface area contributed by atoms with Crippen molar-refractivity contribution in [2.24, 2.45) is 0 Å². The van der Waals surface area contributed by atoms with Gasteiger partial charge in [0.1, 0.15) is 16.7 Å². The average Bonchev–Trinajstić information content (AvgIpc) is 2.24. The number of aromatic nitrogens is 2. The summed E-state index contributed by atoms with van der Waals surface area (Å²) in [4.78, 5) is 12.8. The first-order valence-corrected chi connectivity index (χ1v) is 6.30. The number of hydrogen-bond acceptors (Lipinski definition) is 4. The van der Waals surface area contributed by atoms with Crippen molar-refractivity contribution in [1.82, 2.24) is 14.9 Å². The number of halogens is 1. The van der Waals surface area contributed by atoms with E-state index in [0.29, 0.717) is 0 Å². The predicted molar refractivity (Wildman–Crippen MR) is 70.8 cm³/mol. The molecule has 1 heterocycles. The Balaban J connectivity index is 2.53. The molecule has 0 N–H and O–H groups in total. The maximum absolute atomic E-state index is 4.28. The van der Waals surface area contributed by atoms with Crippen LogP contribution in [0.5, 0.6) is 0 Å². The molecule has 0 amide bonds. The summed E-state index contributed by atoms with van der Waals surface area (Å²) in [6.07, 6.45) is 2.73. The number of rotatable bonds is 6. The lowest BCUT2D eigenvalue weighted by Crippen LogP contribution is -2.27. The monoisotopic (exact) mass is 286 g/mol. The lowest BCUT2D eigenvalue weighted by molar-refractivity contribution is 0.400. The number of hydrogen-bond donors (Lipinski definition) is 0. The molecule has 0 aliphatic carbocycles. The summed E-state index contributed by atoms with van der Waals surface area (Å²) in [5, 5.41) is 0. The second-order valence-electron chi connectivity index (χ2n) is 3.94. The van der Waals surface area contributed by atoms with Crippen LogP contribution in [0.15, 0.2) is 17.0 Å². The highest BCUT2D eigenvalue weighted by molar-refractivity contribution is 9.10. The Bertz CT molecular complexity index is 317. The van der Waals surface area contributed by atoms with Crippen molar-refractivity contribution in [2.75, 3.05) is 38.6 Å². The molecule has 0 bridgehead atoms. The molecule has 0 saturated heterocycles. The molecule has 0 saturated carbocycles. The van der Waals surface area contributed by atoms with E-state index in [0.717, 1.165) is 36.5 Å².